The van der Waals surface area contributed by atoms with Gasteiger partial charge in [0.15, 0.2) is 11.5 Å². The van der Waals surface area contributed by atoms with Crippen LogP contribution in [0.15, 0.2) is 18.2 Å². The van der Waals surface area contributed by atoms with E-state index in [4.69, 9.17) is 15.2 Å². The molecule has 1 atom stereocenters. The maximum atomic E-state index is 11.8. The second-order valence-electron chi connectivity index (χ2n) is 4.60. The third-order valence-corrected chi connectivity index (χ3v) is 3.19. The lowest BCUT2D eigenvalue weighted by molar-refractivity contribution is -0.124. The Bertz CT molecular complexity index is 519. The van der Waals surface area contributed by atoms with Crippen molar-refractivity contribution in [2.24, 2.45) is 5.73 Å². The van der Waals surface area contributed by atoms with Crippen molar-refractivity contribution in [2.75, 3.05) is 21.3 Å². The number of carbonyl (C=O) groups excluding carboxylic acids is 2. The van der Waals surface area contributed by atoms with Gasteiger partial charge in [-0.25, -0.2) is 4.79 Å². The zero-order valence-corrected chi connectivity index (χ0v) is 12.7. The molecule has 3 amide bonds. The van der Waals surface area contributed by atoms with Crippen LogP contribution < -0.4 is 20.5 Å². The van der Waals surface area contributed by atoms with E-state index in [1.807, 2.05) is 12.1 Å². The van der Waals surface area contributed by atoms with Crippen LogP contribution in [0.1, 0.15) is 12.5 Å². The van der Waals surface area contributed by atoms with Crippen molar-refractivity contribution in [1.82, 2.24) is 10.2 Å². The summed E-state index contributed by atoms with van der Waals surface area (Å²) in [5.41, 5.74) is 5.81. The fraction of sp³-hybridized carbons (Fsp3) is 0.429. The second-order valence-corrected chi connectivity index (χ2v) is 4.60. The van der Waals surface area contributed by atoms with E-state index in [9.17, 15) is 9.59 Å². The lowest BCUT2D eigenvalue weighted by atomic mass is 10.1. The summed E-state index contributed by atoms with van der Waals surface area (Å²) in [5, 5.41) is 2.06. The molecule has 0 aliphatic heterocycles. The van der Waals surface area contributed by atoms with Crippen LogP contribution in [-0.2, 0) is 11.3 Å². The highest BCUT2D eigenvalue weighted by molar-refractivity contribution is 5.96. The van der Waals surface area contributed by atoms with Crippen molar-refractivity contribution in [3.63, 3.8) is 0 Å². The number of amides is 3. The van der Waals surface area contributed by atoms with E-state index in [2.05, 4.69) is 5.32 Å². The lowest BCUT2D eigenvalue weighted by Gasteiger charge is -2.24. The molecule has 0 bridgehead atoms. The fourth-order valence-corrected chi connectivity index (χ4v) is 1.91. The maximum Gasteiger partial charge on any atom is 0.318 e. The van der Waals surface area contributed by atoms with E-state index < -0.39 is 18.0 Å². The minimum Gasteiger partial charge on any atom is -0.493 e. The van der Waals surface area contributed by atoms with E-state index in [1.54, 1.807) is 39.2 Å². The molecule has 0 saturated carbocycles. The first-order valence-corrected chi connectivity index (χ1v) is 6.41. The molecule has 0 aliphatic rings. The molecule has 7 nitrogen and oxygen atoms in total. The summed E-state index contributed by atoms with van der Waals surface area (Å²) >= 11 is 0. The Kier molecular flexibility index (Phi) is 5.98. The largest absolute Gasteiger partial charge is 0.493 e. The second kappa shape index (κ2) is 7.49. The number of urea groups is 1. The van der Waals surface area contributed by atoms with Crippen molar-refractivity contribution in [2.45, 2.75) is 19.5 Å². The van der Waals surface area contributed by atoms with Gasteiger partial charge in [0.2, 0.25) is 5.91 Å². The number of methoxy groups -OCH3 is 2. The SMILES string of the molecule is COc1cccc(CN(C)[C@H](C)C(=O)NC(N)=O)c1OC. The van der Waals surface area contributed by atoms with E-state index >= 15 is 0 Å². The highest BCUT2D eigenvalue weighted by Gasteiger charge is 2.21. The predicted octanol–water partition coefficient (Wildman–Crippen LogP) is 0.719. The number of hydrogen-bond donors (Lipinski definition) is 2. The van der Waals surface area contributed by atoms with Crippen molar-refractivity contribution >= 4 is 11.9 Å². The Hall–Kier alpha value is -2.28. The normalized spacial score (nSPS) is 11.9. The van der Waals surface area contributed by atoms with Crippen LogP contribution in [-0.4, -0.2) is 44.1 Å². The zero-order valence-electron chi connectivity index (χ0n) is 12.7. The number of nitrogens with one attached hydrogen (secondary N) is 1. The van der Waals surface area contributed by atoms with E-state index in [0.29, 0.717) is 18.0 Å². The first-order valence-electron chi connectivity index (χ1n) is 6.41. The summed E-state index contributed by atoms with van der Waals surface area (Å²) in [4.78, 5) is 24.2. The summed E-state index contributed by atoms with van der Waals surface area (Å²) in [5.74, 6) is 0.791. The van der Waals surface area contributed by atoms with Gasteiger partial charge in [0.05, 0.1) is 20.3 Å². The molecule has 21 heavy (non-hydrogen) atoms. The highest BCUT2D eigenvalue weighted by atomic mass is 16.5. The van der Waals surface area contributed by atoms with Gasteiger partial charge in [0.25, 0.3) is 0 Å². The van der Waals surface area contributed by atoms with E-state index in [1.165, 1.54) is 0 Å². The Balaban J connectivity index is 2.85. The van der Waals surface area contributed by atoms with Crippen LogP contribution >= 0.6 is 0 Å². The molecular weight excluding hydrogens is 274 g/mol. The molecule has 116 valence electrons. The number of rotatable bonds is 6. The summed E-state index contributed by atoms with van der Waals surface area (Å²) in [7, 11) is 4.89. The Morgan fingerprint density at radius 1 is 1.33 bits per heavy atom. The molecule has 3 N–H and O–H groups in total. The van der Waals surface area contributed by atoms with Crippen LogP contribution in [0.3, 0.4) is 0 Å². The molecule has 0 aromatic heterocycles. The van der Waals surface area contributed by atoms with Gasteiger partial charge in [-0.05, 0) is 20.0 Å². The summed E-state index contributed by atoms with van der Waals surface area (Å²) in [6.45, 7) is 2.14. The summed E-state index contributed by atoms with van der Waals surface area (Å²) < 4.78 is 10.6. The number of carbonyl (C=O) groups is 2. The molecule has 0 fully saturated rings. The number of nitrogens with zero attached hydrogens (tertiary/aromatic N) is 1. The predicted molar refractivity (Wildman–Crippen MR) is 78.2 cm³/mol. The molecule has 1 aromatic rings. The van der Waals surface area contributed by atoms with Gasteiger partial charge < -0.3 is 15.2 Å². The number of imide groups is 1. The third-order valence-electron chi connectivity index (χ3n) is 3.19. The van der Waals surface area contributed by atoms with Gasteiger partial charge in [0, 0.05) is 12.1 Å². The minimum atomic E-state index is -0.862. The number of ether oxygens (including phenoxy) is 2. The van der Waals surface area contributed by atoms with Gasteiger partial charge in [-0.1, -0.05) is 12.1 Å². The summed E-state index contributed by atoms with van der Waals surface area (Å²) in [6.07, 6.45) is 0. The Morgan fingerprint density at radius 2 is 2.00 bits per heavy atom. The van der Waals surface area contributed by atoms with Gasteiger partial charge in [-0.15, -0.1) is 0 Å². The minimum absolute atomic E-state index is 0.452. The summed E-state index contributed by atoms with van der Waals surface area (Å²) in [6, 6.07) is 4.15. The van der Waals surface area contributed by atoms with Crippen molar-refractivity contribution < 1.29 is 19.1 Å². The van der Waals surface area contributed by atoms with Crippen molar-refractivity contribution in [3.05, 3.63) is 23.8 Å². The molecule has 0 heterocycles. The monoisotopic (exact) mass is 295 g/mol. The van der Waals surface area contributed by atoms with Crippen LogP contribution in [0.25, 0.3) is 0 Å². The third kappa shape index (κ3) is 4.35. The van der Waals surface area contributed by atoms with Crippen molar-refractivity contribution in [3.8, 4) is 11.5 Å². The van der Waals surface area contributed by atoms with Gasteiger partial charge in [-0.3, -0.25) is 15.0 Å². The maximum absolute atomic E-state index is 11.8. The van der Waals surface area contributed by atoms with Crippen LogP contribution in [0.4, 0.5) is 4.79 Å². The Labute approximate surface area is 124 Å². The fourth-order valence-electron chi connectivity index (χ4n) is 1.91. The molecule has 0 aliphatic carbocycles. The van der Waals surface area contributed by atoms with E-state index in [-0.39, 0.29) is 0 Å². The molecule has 0 saturated heterocycles. The lowest BCUT2D eigenvalue weighted by Crippen LogP contribution is -2.46. The Morgan fingerprint density at radius 3 is 2.52 bits per heavy atom. The van der Waals surface area contributed by atoms with Crippen LogP contribution in [0.5, 0.6) is 11.5 Å². The van der Waals surface area contributed by atoms with E-state index in [0.717, 1.165) is 5.56 Å². The van der Waals surface area contributed by atoms with Crippen LogP contribution in [0, 0.1) is 0 Å². The number of likely N-dealkylation sites (N-methyl/N-ethyl adjacent to an activating group) is 1. The molecule has 0 spiro atoms. The number of para-hydroxylation sites is 1. The molecule has 1 rings (SSSR count). The first-order chi connectivity index (χ1) is 9.90. The van der Waals surface area contributed by atoms with Gasteiger partial charge >= 0.3 is 6.03 Å². The smallest absolute Gasteiger partial charge is 0.318 e. The zero-order chi connectivity index (χ0) is 16.0. The number of primary amides is 1. The molecule has 0 radical (unpaired) electrons. The average Bonchev–Trinajstić information content (AvgIpc) is 2.45. The quantitative estimate of drug-likeness (QED) is 0.806. The molecule has 0 unspecified atom stereocenters. The van der Waals surface area contributed by atoms with Gasteiger partial charge in [-0.2, -0.15) is 0 Å². The van der Waals surface area contributed by atoms with Crippen LogP contribution in [0.2, 0.25) is 0 Å². The van der Waals surface area contributed by atoms with Gasteiger partial charge in [0.1, 0.15) is 0 Å². The average molecular weight is 295 g/mol. The topological polar surface area (TPSA) is 93.9 Å². The highest BCUT2D eigenvalue weighted by Crippen LogP contribution is 2.31. The molecule has 7 heteroatoms. The first kappa shape index (κ1) is 16.8. The van der Waals surface area contributed by atoms with Crippen molar-refractivity contribution in [1.29, 1.82) is 0 Å². The number of nitrogens with two attached hydrogens (primary N) is 1. The number of hydrogen-bond acceptors (Lipinski definition) is 5. The standard InChI is InChI=1S/C14H21N3O4/c1-9(13(18)16-14(15)19)17(2)8-10-6-5-7-11(20-3)12(10)21-4/h5-7,9H,8H2,1-4H3,(H3,15,16,18,19)/t9-/m1/s1. The molecule has 1 aromatic carbocycles. The number of benzene rings is 1. The molecular formula is C14H21N3O4.